The molecule has 2 rings (SSSR count). The lowest BCUT2D eigenvalue weighted by atomic mass is 9.97. The zero-order chi connectivity index (χ0) is 12.3. The van der Waals surface area contributed by atoms with Crippen LogP contribution in [0.25, 0.3) is 0 Å². The van der Waals surface area contributed by atoms with Crippen molar-refractivity contribution in [2.45, 2.75) is 37.6 Å². The summed E-state index contributed by atoms with van der Waals surface area (Å²) in [4.78, 5) is 23.1. The Bertz CT molecular complexity index is 407. The molecule has 1 amide bonds. The minimum absolute atomic E-state index is 0.201. The number of amides is 1. The summed E-state index contributed by atoms with van der Waals surface area (Å²) in [5.41, 5.74) is -0.0846. The largest absolute Gasteiger partial charge is 0.480 e. The summed E-state index contributed by atoms with van der Waals surface area (Å²) >= 11 is 1.53. The summed E-state index contributed by atoms with van der Waals surface area (Å²) in [7, 11) is 0. The van der Waals surface area contributed by atoms with Gasteiger partial charge in [0.1, 0.15) is 5.54 Å². The molecule has 1 aliphatic carbocycles. The molecule has 1 aromatic rings. The van der Waals surface area contributed by atoms with Gasteiger partial charge in [0.2, 0.25) is 5.91 Å². The minimum atomic E-state index is -1.02. The molecule has 4 nitrogen and oxygen atoms in total. The predicted octanol–water partition coefficient (Wildman–Crippen LogP) is 1.80. The Morgan fingerprint density at radius 1 is 1.41 bits per heavy atom. The molecule has 0 bridgehead atoms. The molecule has 1 aromatic heterocycles. The van der Waals surface area contributed by atoms with Crippen LogP contribution in [0.3, 0.4) is 0 Å². The monoisotopic (exact) mass is 253 g/mol. The van der Waals surface area contributed by atoms with Crippen molar-refractivity contribution in [3.05, 3.63) is 22.4 Å². The number of thiophene rings is 1. The standard InChI is InChI=1S/C12H15NO3S/c14-10(7-9-3-6-17-8-9)13-12(11(15)16)4-1-2-5-12/h3,6,8H,1-2,4-5,7H2,(H,13,14)(H,15,16). The van der Waals surface area contributed by atoms with E-state index in [9.17, 15) is 14.7 Å². The van der Waals surface area contributed by atoms with Gasteiger partial charge in [0.05, 0.1) is 6.42 Å². The quantitative estimate of drug-likeness (QED) is 0.860. The average molecular weight is 253 g/mol. The number of aliphatic carboxylic acids is 1. The molecule has 0 unspecified atom stereocenters. The second kappa shape index (κ2) is 4.87. The van der Waals surface area contributed by atoms with Crippen molar-refractivity contribution in [1.82, 2.24) is 5.32 Å². The fourth-order valence-electron chi connectivity index (χ4n) is 2.26. The molecule has 0 spiro atoms. The van der Waals surface area contributed by atoms with Gasteiger partial charge in [-0.3, -0.25) is 4.79 Å². The van der Waals surface area contributed by atoms with Crippen molar-refractivity contribution < 1.29 is 14.7 Å². The van der Waals surface area contributed by atoms with Crippen molar-refractivity contribution in [1.29, 1.82) is 0 Å². The maximum Gasteiger partial charge on any atom is 0.329 e. The van der Waals surface area contributed by atoms with Crippen LogP contribution in [0, 0.1) is 0 Å². The van der Waals surface area contributed by atoms with Crippen LogP contribution in [0.2, 0.25) is 0 Å². The maximum atomic E-state index is 11.8. The van der Waals surface area contributed by atoms with Gasteiger partial charge < -0.3 is 10.4 Å². The Balaban J connectivity index is 1.99. The Kier molecular flexibility index (Phi) is 3.47. The number of carbonyl (C=O) groups is 2. The lowest BCUT2D eigenvalue weighted by molar-refractivity contribution is -0.147. The highest BCUT2D eigenvalue weighted by molar-refractivity contribution is 7.07. The number of carboxylic acids is 1. The lowest BCUT2D eigenvalue weighted by Gasteiger charge is -2.25. The highest BCUT2D eigenvalue weighted by Gasteiger charge is 2.42. The van der Waals surface area contributed by atoms with E-state index in [1.54, 1.807) is 0 Å². The van der Waals surface area contributed by atoms with Gasteiger partial charge in [0.25, 0.3) is 0 Å². The molecule has 0 aromatic carbocycles. The van der Waals surface area contributed by atoms with Gasteiger partial charge in [-0.05, 0) is 35.2 Å². The number of hydrogen-bond acceptors (Lipinski definition) is 3. The first kappa shape index (κ1) is 12.1. The van der Waals surface area contributed by atoms with Crippen LogP contribution in [0.15, 0.2) is 16.8 Å². The lowest BCUT2D eigenvalue weighted by Crippen LogP contribution is -2.52. The van der Waals surface area contributed by atoms with E-state index >= 15 is 0 Å². The molecule has 1 aliphatic rings. The van der Waals surface area contributed by atoms with E-state index in [-0.39, 0.29) is 12.3 Å². The summed E-state index contributed by atoms with van der Waals surface area (Å²) in [6.07, 6.45) is 3.07. The SMILES string of the molecule is O=C(Cc1ccsc1)NC1(C(=O)O)CCCC1. The van der Waals surface area contributed by atoms with E-state index in [0.29, 0.717) is 12.8 Å². The molecule has 92 valence electrons. The molecule has 0 aliphatic heterocycles. The molecule has 1 heterocycles. The Hall–Kier alpha value is -1.36. The fourth-order valence-corrected chi connectivity index (χ4v) is 2.93. The molecule has 2 N–H and O–H groups in total. The van der Waals surface area contributed by atoms with E-state index in [4.69, 9.17) is 0 Å². The molecular formula is C12H15NO3S. The van der Waals surface area contributed by atoms with Crippen LogP contribution in [0.1, 0.15) is 31.2 Å². The number of nitrogens with one attached hydrogen (secondary N) is 1. The van der Waals surface area contributed by atoms with Gasteiger partial charge in [-0.1, -0.05) is 12.8 Å². The average Bonchev–Trinajstić information content (AvgIpc) is 2.89. The molecule has 0 saturated heterocycles. The number of hydrogen-bond donors (Lipinski definition) is 2. The number of carboxylic acid groups (broad SMARTS) is 1. The van der Waals surface area contributed by atoms with Gasteiger partial charge in [-0.15, -0.1) is 0 Å². The summed E-state index contributed by atoms with van der Waals surface area (Å²) < 4.78 is 0. The highest BCUT2D eigenvalue weighted by atomic mass is 32.1. The van der Waals surface area contributed by atoms with Crippen molar-refractivity contribution in [3.8, 4) is 0 Å². The fraction of sp³-hybridized carbons (Fsp3) is 0.500. The zero-order valence-corrected chi connectivity index (χ0v) is 10.3. The zero-order valence-electron chi connectivity index (χ0n) is 9.44. The third-order valence-corrected chi connectivity index (χ3v) is 3.92. The van der Waals surface area contributed by atoms with Gasteiger partial charge in [0, 0.05) is 0 Å². The molecule has 0 radical (unpaired) electrons. The summed E-state index contributed by atoms with van der Waals surface area (Å²) in [5, 5.41) is 15.7. The van der Waals surface area contributed by atoms with Gasteiger partial charge in [-0.2, -0.15) is 11.3 Å². The van der Waals surface area contributed by atoms with E-state index < -0.39 is 11.5 Å². The van der Waals surface area contributed by atoms with Crippen molar-refractivity contribution in [3.63, 3.8) is 0 Å². The first-order chi connectivity index (χ1) is 8.12. The van der Waals surface area contributed by atoms with E-state index in [1.807, 2.05) is 16.8 Å². The summed E-state index contributed by atoms with van der Waals surface area (Å²) in [5.74, 6) is -1.11. The van der Waals surface area contributed by atoms with Crippen molar-refractivity contribution >= 4 is 23.2 Å². The predicted molar refractivity (Wildman–Crippen MR) is 65.0 cm³/mol. The van der Waals surface area contributed by atoms with E-state index in [0.717, 1.165) is 18.4 Å². The molecule has 0 atom stereocenters. The Morgan fingerprint density at radius 2 is 2.12 bits per heavy atom. The van der Waals surface area contributed by atoms with Crippen molar-refractivity contribution in [2.75, 3.05) is 0 Å². The van der Waals surface area contributed by atoms with Crippen LogP contribution in [0.4, 0.5) is 0 Å². The molecule has 17 heavy (non-hydrogen) atoms. The van der Waals surface area contributed by atoms with E-state index in [1.165, 1.54) is 11.3 Å². The van der Waals surface area contributed by atoms with Gasteiger partial charge in [-0.25, -0.2) is 4.79 Å². The second-order valence-corrected chi connectivity index (χ2v) is 5.23. The van der Waals surface area contributed by atoms with Crippen molar-refractivity contribution in [2.24, 2.45) is 0 Å². The topological polar surface area (TPSA) is 66.4 Å². The minimum Gasteiger partial charge on any atom is -0.480 e. The molecule has 5 heteroatoms. The smallest absolute Gasteiger partial charge is 0.329 e. The first-order valence-corrected chi connectivity index (χ1v) is 6.62. The maximum absolute atomic E-state index is 11.8. The Morgan fingerprint density at radius 3 is 2.65 bits per heavy atom. The molecule has 1 fully saturated rings. The molecular weight excluding hydrogens is 238 g/mol. The van der Waals surface area contributed by atoms with Gasteiger partial charge in [0.15, 0.2) is 0 Å². The van der Waals surface area contributed by atoms with Gasteiger partial charge >= 0.3 is 5.97 Å². The van der Waals surface area contributed by atoms with Crippen LogP contribution < -0.4 is 5.32 Å². The van der Waals surface area contributed by atoms with Crippen LogP contribution in [-0.4, -0.2) is 22.5 Å². The Labute approximate surface area is 104 Å². The third-order valence-electron chi connectivity index (χ3n) is 3.19. The first-order valence-electron chi connectivity index (χ1n) is 5.68. The van der Waals surface area contributed by atoms with E-state index in [2.05, 4.69) is 5.32 Å². The van der Waals surface area contributed by atoms with Crippen LogP contribution >= 0.6 is 11.3 Å². The second-order valence-electron chi connectivity index (χ2n) is 4.45. The highest BCUT2D eigenvalue weighted by Crippen LogP contribution is 2.30. The molecule has 1 saturated carbocycles. The van der Waals surface area contributed by atoms with Crippen LogP contribution in [0.5, 0.6) is 0 Å². The normalized spacial score (nSPS) is 17.9. The summed E-state index contributed by atoms with van der Waals surface area (Å²) in [6, 6.07) is 1.88. The third kappa shape index (κ3) is 2.66. The number of carbonyl (C=O) groups excluding carboxylic acids is 1. The van der Waals surface area contributed by atoms with Crippen LogP contribution in [-0.2, 0) is 16.0 Å². The summed E-state index contributed by atoms with van der Waals surface area (Å²) in [6.45, 7) is 0. The number of rotatable bonds is 4.